The highest BCUT2D eigenvalue weighted by Crippen LogP contribution is 2.39. The van der Waals surface area contributed by atoms with Crippen molar-refractivity contribution < 1.29 is 18.8 Å². The van der Waals surface area contributed by atoms with E-state index in [1.165, 1.54) is 0 Å². The van der Waals surface area contributed by atoms with Crippen LogP contribution in [0.2, 0.25) is 0 Å². The van der Waals surface area contributed by atoms with Crippen LogP contribution in [-0.2, 0) is 9.47 Å². The van der Waals surface area contributed by atoms with Crippen molar-refractivity contribution in [2.75, 3.05) is 31.6 Å². The first kappa shape index (κ1) is 18.4. The van der Waals surface area contributed by atoms with Gasteiger partial charge >= 0.3 is 6.09 Å². The quantitative estimate of drug-likeness (QED) is 0.819. The fraction of sp³-hybridized carbons (Fsp3) is 0.600. The van der Waals surface area contributed by atoms with Gasteiger partial charge in [0.15, 0.2) is 5.82 Å². The van der Waals surface area contributed by atoms with Gasteiger partial charge in [0.2, 0.25) is 0 Å². The number of aromatic nitrogens is 3. The number of piperidine rings is 1. The van der Waals surface area contributed by atoms with E-state index < -0.39 is 0 Å². The number of carbonyl (C=O) groups excluding carboxylic acids is 1. The topological polar surface area (TPSA) is 103 Å². The number of ether oxygens (including phenoxy) is 2. The normalized spacial score (nSPS) is 21.5. The van der Waals surface area contributed by atoms with Crippen molar-refractivity contribution in [3.8, 4) is 11.5 Å². The number of hydrogen-bond acceptors (Lipinski definition) is 8. The van der Waals surface area contributed by atoms with Crippen molar-refractivity contribution in [3.63, 3.8) is 0 Å². The van der Waals surface area contributed by atoms with E-state index in [1.807, 2.05) is 19.1 Å². The average molecular weight is 399 g/mol. The van der Waals surface area contributed by atoms with E-state index in [-0.39, 0.29) is 17.6 Å². The van der Waals surface area contributed by atoms with E-state index in [1.54, 1.807) is 11.1 Å². The molecule has 1 N–H and O–H groups in total. The molecule has 5 rings (SSSR count). The van der Waals surface area contributed by atoms with Crippen LogP contribution in [0.15, 0.2) is 22.9 Å². The molecule has 0 spiro atoms. The number of nitrogens with one attached hydrogen (secondary N) is 1. The Kier molecular flexibility index (Phi) is 4.61. The van der Waals surface area contributed by atoms with E-state index in [9.17, 15) is 4.79 Å². The molecule has 0 aromatic carbocycles. The summed E-state index contributed by atoms with van der Waals surface area (Å²) in [5.41, 5.74) is 0.598. The van der Waals surface area contributed by atoms with Gasteiger partial charge in [-0.3, -0.25) is 0 Å². The molecule has 2 aromatic rings. The highest BCUT2D eigenvalue weighted by atomic mass is 16.6. The number of nitrogens with zero attached hydrogens (tertiary/aromatic N) is 4. The van der Waals surface area contributed by atoms with E-state index in [0.717, 1.165) is 37.1 Å². The molecule has 154 valence electrons. The summed E-state index contributed by atoms with van der Waals surface area (Å²) in [6, 6.07) is 4.07. The first-order valence-corrected chi connectivity index (χ1v) is 10.2. The van der Waals surface area contributed by atoms with E-state index in [0.29, 0.717) is 44.1 Å². The zero-order valence-corrected chi connectivity index (χ0v) is 16.5. The number of hydrogen-bond donors (Lipinski definition) is 1. The molecule has 1 aliphatic carbocycles. The van der Waals surface area contributed by atoms with Crippen LogP contribution in [-0.4, -0.2) is 64.1 Å². The minimum absolute atomic E-state index is 0.180. The highest BCUT2D eigenvalue weighted by Gasteiger charge is 2.43. The van der Waals surface area contributed by atoms with Gasteiger partial charge in [-0.05, 0) is 44.7 Å². The van der Waals surface area contributed by atoms with Crippen LogP contribution >= 0.6 is 0 Å². The van der Waals surface area contributed by atoms with Gasteiger partial charge in [0.05, 0.1) is 19.3 Å². The third-order valence-electron chi connectivity index (χ3n) is 5.84. The van der Waals surface area contributed by atoms with Gasteiger partial charge in [-0.15, -0.1) is 0 Å². The maximum atomic E-state index is 12.3. The zero-order valence-electron chi connectivity index (χ0n) is 16.5. The standard InChI is InChI=1S/C20H25N5O4/c1-20(5-6-20)28-19(26)25-8-3-13(4-9-25)17-23-18(29-24-17)14-2-7-21-16(10-14)22-15-11-27-12-15/h2,7,10,13,15H,3-6,8-9,11-12H2,1H3,(H,21,22). The van der Waals surface area contributed by atoms with Crippen molar-refractivity contribution >= 4 is 11.9 Å². The Bertz CT molecular complexity index is 885. The third kappa shape index (κ3) is 4.05. The van der Waals surface area contributed by atoms with Gasteiger partial charge in [-0.1, -0.05) is 5.16 Å². The summed E-state index contributed by atoms with van der Waals surface area (Å²) in [6.45, 7) is 4.68. The Morgan fingerprint density at radius 1 is 1.31 bits per heavy atom. The van der Waals surface area contributed by atoms with Crippen molar-refractivity contribution in [3.05, 3.63) is 24.2 Å². The van der Waals surface area contributed by atoms with Gasteiger partial charge in [-0.25, -0.2) is 9.78 Å². The Morgan fingerprint density at radius 3 is 2.79 bits per heavy atom. The second-order valence-corrected chi connectivity index (χ2v) is 8.35. The first-order valence-electron chi connectivity index (χ1n) is 10.2. The number of likely N-dealkylation sites (tertiary alicyclic amines) is 1. The maximum Gasteiger partial charge on any atom is 0.410 e. The Labute approximate surface area is 168 Å². The average Bonchev–Trinajstić information content (AvgIpc) is 3.23. The maximum absolute atomic E-state index is 12.3. The SMILES string of the molecule is CC1(OC(=O)N2CCC(c3noc(-c4ccnc(NC5COC5)c4)n3)CC2)CC1. The van der Waals surface area contributed by atoms with Gasteiger partial charge in [0.1, 0.15) is 11.4 Å². The number of rotatable bonds is 5. The molecule has 2 aromatic heterocycles. The molecule has 9 heteroatoms. The highest BCUT2D eigenvalue weighted by molar-refractivity contribution is 5.68. The molecule has 2 saturated heterocycles. The molecular formula is C20H25N5O4. The lowest BCUT2D eigenvalue weighted by molar-refractivity contribution is 0.0209. The number of carbonyl (C=O) groups is 1. The van der Waals surface area contributed by atoms with Crippen LogP contribution in [0.25, 0.3) is 11.5 Å². The lowest BCUT2D eigenvalue weighted by atomic mass is 9.96. The molecule has 0 radical (unpaired) electrons. The van der Waals surface area contributed by atoms with Crippen LogP contribution in [0.1, 0.15) is 44.3 Å². The van der Waals surface area contributed by atoms with Crippen LogP contribution in [0.3, 0.4) is 0 Å². The van der Waals surface area contributed by atoms with E-state index >= 15 is 0 Å². The molecule has 3 aliphatic rings. The molecule has 0 bridgehead atoms. The van der Waals surface area contributed by atoms with Crippen LogP contribution in [0.5, 0.6) is 0 Å². The molecule has 0 atom stereocenters. The van der Waals surface area contributed by atoms with Gasteiger partial charge in [-0.2, -0.15) is 4.98 Å². The summed E-state index contributed by atoms with van der Waals surface area (Å²) >= 11 is 0. The molecule has 1 saturated carbocycles. The van der Waals surface area contributed by atoms with Crippen LogP contribution in [0.4, 0.5) is 10.6 Å². The second kappa shape index (κ2) is 7.29. The molecule has 1 amide bonds. The second-order valence-electron chi connectivity index (χ2n) is 8.35. The summed E-state index contributed by atoms with van der Waals surface area (Å²) < 4.78 is 16.2. The summed E-state index contributed by atoms with van der Waals surface area (Å²) in [4.78, 5) is 23.0. The molecule has 3 fully saturated rings. The molecule has 4 heterocycles. The van der Waals surface area contributed by atoms with Gasteiger partial charge in [0.25, 0.3) is 5.89 Å². The van der Waals surface area contributed by atoms with Gasteiger partial charge in [0, 0.05) is 30.8 Å². The molecule has 9 nitrogen and oxygen atoms in total. The monoisotopic (exact) mass is 399 g/mol. The predicted molar refractivity (Wildman–Crippen MR) is 103 cm³/mol. The zero-order chi connectivity index (χ0) is 19.8. The van der Waals surface area contributed by atoms with E-state index in [2.05, 4.69) is 20.4 Å². The smallest absolute Gasteiger partial charge is 0.410 e. The Balaban J connectivity index is 1.19. The van der Waals surface area contributed by atoms with Crippen molar-refractivity contribution in [1.29, 1.82) is 0 Å². The minimum atomic E-state index is -0.236. The molecule has 2 aliphatic heterocycles. The van der Waals surface area contributed by atoms with Crippen molar-refractivity contribution in [1.82, 2.24) is 20.0 Å². The Morgan fingerprint density at radius 2 is 2.10 bits per heavy atom. The molecule has 29 heavy (non-hydrogen) atoms. The molecular weight excluding hydrogens is 374 g/mol. The lowest BCUT2D eigenvalue weighted by Gasteiger charge is -2.30. The minimum Gasteiger partial charge on any atom is -0.443 e. The summed E-state index contributed by atoms with van der Waals surface area (Å²) in [5.74, 6) is 2.13. The number of anilines is 1. The van der Waals surface area contributed by atoms with Crippen LogP contribution < -0.4 is 5.32 Å². The lowest BCUT2D eigenvalue weighted by Crippen LogP contribution is -2.40. The third-order valence-corrected chi connectivity index (χ3v) is 5.84. The van der Waals surface area contributed by atoms with Crippen molar-refractivity contribution in [2.45, 2.75) is 50.2 Å². The van der Waals surface area contributed by atoms with E-state index in [4.69, 9.17) is 14.0 Å². The number of amides is 1. The first-order chi connectivity index (χ1) is 14.1. The summed E-state index contributed by atoms with van der Waals surface area (Å²) in [5, 5.41) is 7.51. The summed E-state index contributed by atoms with van der Waals surface area (Å²) in [7, 11) is 0. The predicted octanol–water partition coefficient (Wildman–Crippen LogP) is 2.81. The number of pyridine rings is 1. The largest absolute Gasteiger partial charge is 0.443 e. The van der Waals surface area contributed by atoms with Crippen LogP contribution in [0, 0.1) is 0 Å². The Hall–Kier alpha value is -2.68. The molecule has 0 unspecified atom stereocenters. The van der Waals surface area contributed by atoms with Gasteiger partial charge < -0.3 is 24.2 Å². The fourth-order valence-electron chi connectivity index (χ4n) is 3.56. The fourth-order valence-corrected chi connectivity index (χ4v) is 3.56. The van der Waals surface area contributed by atoms with Crippen molar-refractivity contribution in [2.24, 2.45) is 0 Å². The summed E-state index contributed by atoms with van der Waals surface area (Å²) in [6.07, 6.45) is 5.05.